The van der Waals surface area contributed by atoms with Crippen molar-refractivity contribution in [3.05, 3.63) is 11.7 Å². The number of hydrogen-bond acceptors (Lipinski definition) is 4. The molecule has 0 aromatic carbocycles. The monoisotopic (exact) mass is 278 g/mol. The summed E-state index contributed by atoms with van der Waals surface area (Å²) in [6.07, 6.45) is -3.04. The first-order chi connectivity index (χ1) is 8.87. The van der Waals surface area contributed by atoms with Gasteiger partial charge < -0.3 is 9.63 Å². The summed E-state index contributed by atoms with van der Waals surface area (Å²) in [6, 6.07) is 0. The number of aliphatic carboxylic acids is 1. The van der Waals surface area contributed by atoms with Crippen molar-refractivity contribution in [1.82, 2.24) is 10.1 Å². The maximum Gasteiger partial charge on any atom is 0.396 e. The fourth-order valence-corrected chi connectivity index (χ4v) is 2.39. The van der Waals surface area contributed by atoms with Crippen LogP contribution >= 0.6 is 0 Å². The van der Waals surface area contributed by atoms with Crippen molar-refractivity contribution < 1.29 is 27.6 Å². The van der Waals surface area contributed by atoms with Gasteiger partial charge in [0.05, 0.1) is 11.8 Å². The molecule has 1 fully saturated rings. The van der Waals surface area contributed by atoms with Crippen LogP contribution < -0.4 is 0 Å². The van der Waals surface area contributed by atoms with E-state index in [1.165, 1.54) is 0 Å². The van der Waals surface area contributed by atoms with Crippen LogP contribution in [-0.4, -0.2) is 27.4 Å². The molecule has 0 amide bonds. The largest absolute Gasteiger partial charge is 0.481 e. The van der Waals surface area contributed by atoms with E-state index in [0.717, 1.165) is 12.8 Å². The minimum atomic E-state index is -4.40. The third kappa shape index (κ3) is 3.45. The third-order valence-electron chi connectivity index (χ3n) is 3.24. The first kappa shape index (κ1) is 13.8. The van der Waals surface area contributed by atoms with Crippen LogP contribution in [0.4, 0.5) is 13.2 Å². The van der Waals surface area contributed by atoms with E-state index in [1.807, 2.05) is 0 Å². The SMILES string of the molecule is O=C(O)C1CCCCC1c1nc(CC(F)(F)F)no1. The van der Waals surface area contributed by atoms with Gasteiger partial charge in [0.1, 0.15) is 6.42 Å². The Hall–Kier alpha value is -1.60. The van der Waals surface area contributed by atoms with Gasteiger partial charge in [0.2, 0.25) is 5.89 Å². The molecule has 106 valence electrons. The van der Waals surface area contributed by atoms with Gasteiger partial charge in [-0.25, -0.2) is 0 Å². The van der Waals surface area contributed by atoms with E-state index in [1.54, 1.807) is 0 Å². The van der Waals surface area contributed by atoms with E-state index in [0.29, 0.717) is 12.8 Å². The Morgan fingerprint density at radius 3 is 2.68 bits per heavy atom. The van der Waals surface area contributed by atoms with Gasteiger partial charge in [0.25, 0.3) is 0 Å². The quantitative estimate of drug-likeness (QED) is 0.919. The van der Waals surface area contributed by atoms with Gasteiger partial charge in [-0.05, 0) is 12.8 Å². The van der Waals surface area contributed by atoms with E-state index in [2.05, 4.69) is 10.1 Å². The van der Waals surface area contributed by atoms with Crippen molar-refractivity contribution in [2.45, 2.75) is 44.2 Å². The van der Waals surface area contributed by atoms with Crippen molar-refractivity contribution in [3.8, 4) is 0 Å². The predicted molar refractivity (Wildman–Crippen MR) is 56.4 cm³/mol. The molecule has 1 N–H and O–H groups in total. The van der Waals surface area contributed by atoms with Crippen LogP contribution in [0.15, 0.2) is 4.52 Å². The van der Waals surface area contributed by atoms with E-state index in [4.69, 9.17) is 9.63 Å². The van der Waals surface area contributed by atoms with Gasteiger partial charge in [-0.3, -0.25) is 4.79 Å². The second-order valence-electron chi connectivity index (χ2n) is 4.68. The summed E-state index contributed by atoms with van der Waals surface area (Å²) < 4.78 is 41.4. The molecule has 0 bridgehead atoms. The van der Waals surface area contributed by atoms with Crippen molar-refractivity contribution in [1.29, 1.82) is 0 Å². The number of rotatable bonds is 3. The van der Waals surface area contributed by atoms with Crippen molar-refractivity contribution in [2.24, 2.45) is 5.92 Å². The lowest BCUT2D eigenvalue weighted by molar-refractivity contribution is -0.143. The topological polar surface area (TPSA) is 76.2 Å². The molecule has 0 aliphatic heterocycles. The average molecular weight is 278 g/mol. The normalized spacial score (nSPS) is 24.4. The van der Waals surface area contributed by atoms with Gasteiger partial charge in [-0.1, -0.05) is 18.0 Å². The summed E-state index contributed by atoms with van der Waals surface area (Å²) >= 11 is 0. The van der Waals surface area contributed by atoms with Crippen molar-refractivity contribution in [2.75, 3.05) is 0 Å². The van der Waals surface area contributed by atoms with Gasteiger partial charge in [-0.15, -0.1) is 0 Å². The fourth-order valence-electron chi connectivity index (χ4n) is 2.39. The molecular weight excluding hydrogens is 265 g/mol. The highest BCUT2D eigenvalue weighted by Crippen LogP contribution is 2.37. The Kier molecular flexibility index (Phi) is 3.77. The van der Waals surface area contributed by atoms with Crippen molar-refractivity contribution in [3.63, 3.8) is 0 Å². The standard InChI is InChI=1S/C11H13F3N2O3/c12-11(13,14)5-8-15-9(19-16-8)6-3-1-2-4-7(6)10(17)18/h6-7H,1-5H2,(H,17,18). The fraction of sp³-hybridized carbons (Fsp3) is 0.727. The molecule has 1 aliphatic carbocycles. The van der Waals surface area contributed by atoms with Crippen LogP contribution in [0.5, 0.6) is 0 Å². The molecule has 2 rings (SSSR count). The van der Waals surface area contributed by atoms with Crippen LogP contribution in [0.2, 0.25) is 0 Å². The van der Waals surface area contributed by atoms with Crippen LogP contribution in [0.1, 0.15) is 43.3 Å². The smallest absolute Gasteiger partial charge is 0.396 e. The molecule has 2 atom stereocenters. The molecule has 5 nitrogen and oxygen atoms in total. The first-order valence-corrected chi connectivity index (χ1v) is 5.99. The van der Waals surface area contributed by atoms with Crippen LogP contribution in [0, 0.1) is 5.92 Å². The minimum absolute atomic E-state index is 0.00588. The van der Waals surface area contributed by atoms with Gasteiger partial charge in [0.15, 0.2) is 5.82 Å². The summed E-state index contributed by atoms with van der Waals surface area (Å²) in [4.78, 5) is 14.8. The second-order valence-corrected chi connectivity index (χ2v) is 4.68. The summed E-state index contributed by atoms with van der Waals surface area (Å²) in [5.41, 5.74) is 0. The minimum Gasteiger partial charge on any atom is -0.481 e. The molecule has 1 aromatic rings. The molecule has 19 heavy (non-hydrogen) atoms. The van der Waals surface area contributed by atoms with E-state index in [9.17, 15) is 18.0 Å². The molecular formula is C11H13F3N2O3. The Labute approximate surface area is 106 Å². The molecule has 1 aliphatic rings. The maximum atomic E-state index is 12.2. The maximum absolute atomic E-state index is 12.2. The van der Waals surface area contributed by atoms with Gasteiger partial charge in [-0.2, -0.15) is 18.2 Å². The highest BCUT2D eigenvalue weighted by molar-refractivity contribution is 5.71. The summed E-state index contributed by atoms with van der Waals surface area (Å²) in [7, 11) is 0. The van der Waals surface area contributed by atoms with E-state index >= 15 is 0 Å². The number of halogens is 3. The molecule has 8 heteroatoms. The van der Waals surface area contributed by atoms with Crippen LogP contribution in [0.3, 0.4) is 0 Å². The zero-order valence-electron chi connectivity index (χ0n) is 9.98. The highest BCUT2D eigenvalue weighted by Gasteiger charge is 2.37. The highest BCUT2D eigenvalue weighted by atomic mass is 19.4. The molecule has 0 saturated heterocycles. The average Bonchev–Trinajstić information content (AvgIpc) is 2.75. The lowest BCUT2D eigenvalue weighted by Gasteiger charge is -2.25. The summed E-state index contributed by atoms with van der Waals surface area (Å²) in [6.45, 7) is 0. The van der Waals surface area contributed by atoms with Crippen molar-refractivity contribution >= 4 is 5.97 Å². The molecule has 0 spiro atoms. The molecule has 1 heterocycles. The van der Waals surface area contributed by atoms with Gasteiger partial charge in [0, 0.05) is 0 Å². The van der Waals surface area contributed by atoms with Gasteiger partial charge >= 0.3 is 12.1 Å². The Bertz CT molecular complexity index is 458. The lowest BCUT2D eigenvalue weighted by atomic mass is 9.79. The number of aromatic nitrogens is 2. The van der Waals surface area contributed by atoms with Crippen LogP contribution in [0.25, 0.3) is 0 Å². The lowest BCUT2D eigenvalue weighted by Crippen LogP contribution is -2.25. The number of carboxylic acid groups (broad SMARTS) is 1. The predicted octanol–water partition coefficient (Wildman–Crippen LogP) is 2.53. The molecule has 1 aromatic heterocycles. The first-order valence-electron chi connectivity index (χ1n) is 5.99. The van der Waals surface area contributed by atoms with E-state index in [-0.39, 0.29) is 5.89 Å². The molecule has 2 unspecified atom stereocenters. The Morgan fingerprint density at radius 1 is 1.37 bits per heavy atom. The Balaban J connectivity index is 2.14. The van der Waals surface area contributed by atoms with E-state index < -0.39 is 36.2 Å². The number of nitrogens with zero attached hydrogens (tertiary/aromatic N) is 2. The molecule has 0 radical (unpaired) electrons. The number of hydrogen-bond donors (Lipinski definition) is 1. The van der Waals surface area contributed by atoms with Crippen LogP contribution in [-0.2, 0) is 11.2 Å². The summed E-state index contributed by atoms with van der Waals surface area (Å²) in [5.74, 6) is -2.56. The summed E-state index contributed by atoms with van der Waals surface area (Å²) in [5, 5.41) is 12.4. The zero-order chi connectivity index (χ0) is 14.0. The Morgan fingerprint density at radius 2 is 2.05 bits per heavy atom. The second kappa shape index (κ2) is 5.18. The number of carboxylic acids is 1. The third-order valence-corrected chi connectivity index (χ3v) is 3.24. The zero-order valence-corrected chi connectivity index (χ0v) is 9.98. The number of alkyl halides is 3. The molecule has 1 saturated carbocycles. The number of carbonyl (C=O) groups is 1.